The minimum atomic E-state index is -3.64. The quantitative estimate of drug-likeness (QED) is 0.336. The van der Waals surface area contributed by atoms with Crippen LogP contribution in [0.25, 0.3) is 6.08 Å². The van der Waals surface area contributed by atoms with E-state index in [0.29, 0.717) is 12.3 Å². The standard InChI is InChI=1S/C22H25N3O4S2/c1-17-16-30-22(25-17)6-2-3-13-23-21(26)12-9-18-7-10-20(11-8-18)31(27,28)24-15-19-5-4-14-29-19/h4-5,7-12,14,16,24H,2-3,6,13,15H2,1H3,(H,23,26)/b12-9+. The summed E-state index contributed by atoms with van der Waals surface area (Å²) < 4.78 is 32.3. The zero-order valence-electron chi connectivity index (χ0n) is 17.2. The van der Waals surface area contributed by atoms with Crippen molar-refractivity contribution >= 4 is 33.3 Å². The van der Waals surface area contributed by atoms with E-state index in [4.69, 9.17) is 4.42 Å². The molecule has 0 aliphatic heterocycles. The largest absolute Gasteiger partial charge is 0.468 e. The number of thiazole rings is 1. The van der Waals surface area contributed by atoms with Gasteiger partial charge in [0.25, 0.3) is 0 Å². The van der Waals surface area contributed by atoms with E-state index in [1.54, 1.807) is 41.7 Å². The predicted molar refractivity (Wildman–Crippen MR) is 121 cm³/mol. The summed E-state index contributed by atoms with van der Waals surface area (Å²) in [6, 6.07) is 9.71. The highest BCUT2D eigenvalue weighted by Gasteiger charge is 2.13. The van der Waals surface area contributed by atoms with Gasteiger partial charge in [-0.25, -0.2) is 18.1 Å². The molecule has 1 aromatic carbocycles. The van der Waals surface area contributed by atoms with E-state index < -0.39 is 10.0 Å². The van der Waals surface area contributed by atoms with Gasteiger partial charge in [-0.3, -0.25) is 4.79 Å². The fourth-order valence-corrected chi connectivity index (χ4v) is 4.59. The number of aryl methyl sites for hydroxylation is 2. The molecule has 2 heterocycles. The summed E-state index contributed by atoms with van der Waals surface area (Å²) in [5.41, 5.74) is 1.79. The van der Waals surface area contributed by atoms with Crippen molar-refractivity contribution in [2.45, 2.75) is 37.6 Å². The van der Waals surface area contributed by atoms with Gasteiger partial charge in [0.2, 0.25) is 15.9 Å². The van der Waals surface area contributed by atoms with Gasteiger partial charge in [0.15, 0.2) is 0 Å². The number of carbonyl (C=O) groups is 1. The third-order valence-electron chi connectivity index (χ3n) is 4.42. The first kappa shape index (κ1) is 22.9. The number of amides is 1. The predicted octanol–water partition coefficient (Wildman–Crippen LogP) is 3.68. The number of sulfonamides is 1. The van der Waals surface area contributed by atoms with Crippen molar-refractivity contribution in [2.24, 2.45) is 0 Å². The molecule has 0 atom stereocenters. The van der Waals surface area contributed by atoms with Gasteiger partial charge in [-0.15, -0.1) is 11.3 Å². The molecule has 3 aromatic rings. The summed E-state index contributed by atoms with van der Waals surface area (Å²) >= 11 is 1.67. The minimum absolute atomic E-state index is 0.0840. The molecular formula is C22H25N3O4S2. The zero-order chi connectivity index (χ0) is 22.1. The Kier molecular flexibility index (Phi) is 8.16. The van der Waals surface area contributed by atoms with E-state index in [-0.39, 0.29) is 17.3 Å². The van der Waals surface area contributed by atoms with Crippen molar-refractivity contribution in [1.82, 2.24) is 15.0 Å². The zero-order valence-corrected chi connectivity index (χ0v) is 18.8. The lowest BCUT2D eigenvalue weighted by Gasteiger charge is -2.05. The third-order valence-corrected chi connectivity index (χ3v) is 6.86. The maximum absolute atomic E-state index is 12.3. The molecular weight excluding hydrogens is 434 g/mol. The Morgan fingerprint density at radius 2 is 2.00 bits per heavy atom. The van der Waals surface area contributed by atoms with Crippen LogP contribution in [0.2, 0.25) is 0 Å². The van der Waals surface area contributed by atoms with Gasteiger partial charge in [0.1, 0.15) is 5.76 Å². The Hall–Kier alpha value is -2.75. The summed E-state index contributed by atoms with van der Waals surface area (Å²) in [5, 5.41) is 6.03. The van der Waals surface area contributed by atoms with Crippen molar-refractivity contribution in [2.75, 3.05) is 6.54 Å². The van der Waals surface area contributed by atoms with Crippen LogP contribution in [0.4, 0.5) is 0 Å². The van der Waals surface area contributed by atoms with E-state index in [9.17, 15) is 13.2 Å². The SMILES string of the molecule is Cc1csc(CCCCNC(=O)/C=C/c2ccc(S(=O)(=O)NCc3ccco3)cc2)n1. The maximum Gasteiger partial charge on any atom is 0.243 e. The highest BCUT2D eigenvalue weighted by atomic mass is 32.2. The molecule has 0 aliphatic carbocycles. The summed E-state index contributed by atoms with van der Waals surface area (Å²) in [6.07, 6.45) is 7.37. The number of aromatic nitrogens is 1. The first-order valence-electron chi connectivity index (χ1n) is 9.91. The Morgan fingerprint density at radius 1 is 1.19 bits per heavy atom. The van der Waals surface area contributed by atoms with Gasteiger partial charge < -0.3 is 9.73 Å². The second-order valence-corrected chi connectivity index (χ2v) is 9.65. The van der Waals surface area contributed by atoms with Gasteiger partial charge >= 0.3 is 0 Å². The van der Waals surface area contributed by atoms with Crippen LogP contribution in [0.15, 0.2) is 63.4 Å². The van der Waals surface area contributed by atoms with Crippen LogP contribution < -0.4 is 10.0 Å². The van der Waals surface area contributed by atoms with E-state index in [0.717, 1.165) is 35.5 Å². The fraction of sp³-hybridized carbons (Fsp3) is 0.273. The number of benzene rings is 1. The van der Waals surface area contributed by atoms with E-state index in [1.165, 1.54) is 24.5 Å². The van der Waals surface area contributed by atoms with Crippen molar-refractivity contribution in [3.05, 3.63) is 76.1 Å². The minimum Gasteiger partial charge on any atom is -0.468 e. The number of nitrogens with zero attached hydrogens (tertiary/aromatic N) is 1. The summed E-state index contributed by atoms with van der Waals surface area (Å²) in [5.74, 6) is 0.356. The van der Waals surface area contributed by atoms with Crippen molar-refractivity contribution in [3.8, 4) is 0 Å². The monoisotopic (exact) mass is 459 g/mol. The van der Waals surface area contributed by atoms with Crippen LogP contribution in [0.3, 0.4) is 0 Å². The topological polar surface area (TPSA) is 101 Å². The second kappa shape index (κ2) is 11.0. The van der Waals surface area contributed by atoms with Crippen LogP contribution in [-0.2, 0) is 27.8 Å². The molecule has 9 heteroatoms. The van der Waals surface area contributed by atoms with Gasteiger partial charge in [0, 0.05) is 23.7 Å². The molecule has 31 heavy (non-hydrogen) atoms. The number of unbranched alkanes of at least 4 members (excludes halogenated alkanes) is 1. The highest BCUT2D eigenvalue weighted by Crippen LogP contribution is 2.13. The third kappa shape index (κ3) is 7.46. The molecule has 0 saturated heterocycles. The molecule has 0 unspecified atom stereocenters. The molecule has 0 radical (unpaired) electrons. The highest BCUT2D eigenvalue weighted by molar-refractivity contribution is 7.89. The van der Waals surface area contributed by atoms with Crippen LogP contribution in [0.1, 0.15) is 34.9 Å². The summed E-state index contributed by atoms with van der Waals surface area (Å²) in [4.78, 5) is 16.5. The lowest BCUT2D eigenvalue weighted by Crippen LogP contribution is -2.23. The molecule has 2 aromatic heterocycles. The Labute approximate surface area is 186 Å². The molecule has 1 amide bonds. The van der Waals surface area contributed by atoms with Crippen LogP contribution in [-0.4, -0.2) is 25.9 Å². The van der Waals surface area contributed by atoms with E-state index in [1.807, 2.05) is 12.3 Å². The number of hydrogen-bond acceptors (Lipinski definition) is 6. The van der Waals surface area contributed by atoms with Crippen molar-refractivity contribution in [3.63, 3.8) is 0 Å². The first-order chi connectivity index (χ1) is 14.9. The Morgan fingerprint density at radius 3 is 2.68 bits per heavy atom. The molecule has 3 rings (SSSR count). The van der Waals surface area contributed by atoms with Gasteiger partial charge in [-0.05, 0) is 62.1 Å². The van der Waals surface area contributed by atoms with Gasteiger partial charge in [-0.1, -0.05) is 12.1 Å². The normalized spacial score (nSPS) is 11.8. The number of furan rings is 1. The molecule has 164 valence electrons. The van der Waals surface area contributed by atoms with Gasteiger partial charge in [0.05, 0.1) is 22.7 Å². The first-order valence-corrected chi connectivity index (χ1v) is 12.3. The Balaban J connectivity index is 1.40. The molecule has 0 spiro atoms. The van der Waals surface area contributed by atoms with E-state index in [2.05, 4.69) is 15.0 Å². The summed E-state index contributed by atoms with van der Waals surface area (Å²) in [7, 11) is -3.64. The van der Waals surface area contributed by atoms with Crippen molar-refractivity contribution in [1.29, 1.82) is 0 Å². The maximum atomic E-state index is 12.3. The van der Waals surface area contributed by atoms with Crippen molar-refractivity contribution < 1.29 is 17.6 Å². The van der Waals surface area contributed by atoms with Crippen LogP contribution in [0, 0.1) is 6.92 Å². The Bertz CT molecular complexity index is 1100. The van der Waals surface area contributed by atoms with Crippen LogP contribution >= 0.6 is 11.3 Å². The average molecular weight is 460 g/mol. The molecule has 0 saturated carbocycles. The number of nitrogens with one attached hydrogen (secondary N) is 2. The number of hydrogen-bond donors (Lipinski definition) is 2. The summed E-state index contributed by atoms with van der Waals surface area (Å²) in [6.45, 7) is 2.67. The lowest BCUT2D eigenvalue weighted by molar-refractivity contribution is -0.116. The molecule has 0 aliphatic rings. The second-order valence-electron chi connectivity index (χ2n) is 6.94. The lowest BCUT2D eigenvalue weighted by atomic mass is 10.2. The number of rotatable bonds is 11. The average Bonchev–Trinajstić information content (AvgIpc) is 3.42. The molecule has 0 fully saturated rings. The van der Waals surface area contributed by atoms with E-state index >= 15 is 0 Å². The molecule has 2 N–H and O–H groups in total. The molecule has 7 nitrogen and oxygen atoms in total. The fourth-order valence-electron chi connectivity index (χ4n) is 2.78. The number of carbonyl (C=O) groups excluding carboxylic acids is 1. The van der Waals surface area contributed by atoms with Gasteiger partial charge in [-0.2, -0.15) is 0 Å². The smallest absolute Gasteiger partial charge is 0.243 e. The molecule has 0 bridgehead atoms. The van der Waals surface area contributed by atoms with Crippen LogP contribution in [0.5, 0.6) is 0 Å².